The van der Waals surface area contributed by atoms with Gasteiger partial charge in [0.2, 0.25) is 0 Å². The van der Waals surface area contributed by atoms with Crippen LogP contribution in [0, 0.1) is 23.7 Å². The standard InChI is InChI=1S/C13H18O2/c1-8(2)13(14)15-7-12-9(3)10-4-5-11(12)6-10/h4-5,9-12H,1,6-7H2,2-3H3. The predicted molar refractivity (Wildman–Crippen MR) is 59.2 cm³/mol. The summed E-state index contributed by atoms with van der Waals surface area (Å²) in [6, 6.07) is 0. The summed E-state index contributed by atoms with van der Waals surface area (Å²) in [5.41, 5.74) is 0.487. The summed E-state index contributed by atoms with van der Waals surface area (Å²) >= 11 is 0. The first-order chi connectivity index (χ1) is 7.09. The molecule has 2 bridgehead atoms. The molecular formula is C13H18O2. The third-order valence-electron chi connectivity index (χ3n) is 3.81. The minimum Gasteiger partial charge on any atom is -0.462 e. The number of hydrogen-bond acceptors (Lipinski definition) is 2. The molecule has 2 rings (SSSR count). The highest BCUT2D eigenvalue weighted by Gasteiger charge is 2.42. The normalized spacial score (nSPS) is 36.9. The Hall–Kier alpha value is -1.05. The van der Waals surface area contributed by atoms with Gasteiger partial charge < -0.3 is 4.74 Å². The topological polar surface area (TPSA) is 26.3 Å². The maximum Gasteiger partial charge on any atom is 0.333 e. The Labute approximate surface area is 91.0 Å². The third-order valence-corrected chi connectivity index (χ3v) is 3.81. The third kappa shape index (κ3) is 1.85. The van der Waals surface area contributed by atoms with E-state index in [0.29, 0.717) is 35.9 Å². The quantitative estimate of drug-likeness (QED) is 0.403. The van der Waals surface area contributed by atoms with E-state index in [0.717, 1.165) is 0 Å². The lowest BCUT2D eigenvalue weighted by atomic mass is 9.85. The molecule has 0 amide bonds. The van der Waals surface area contributed by atoms with E-state index in [1.807, 2.05) is 0 Å². The smallest absolute Gasteiger partial charge is 0.333 e. The van der Waals surface area contributed by atoms with Gasteiger partial charge in [0.1, 0.15) is 0 Å². The van der Waals surface area contributed by atoms with Crippen LogP contribution in [0.4, 0.5) is 0 Å². The largest absolute Gasteiger partial charge is 0.462 e. The zero-order chi connectivity index (χ0) is 11.0. The van der Waals surface area contributed by atoms with Crippen molar-refractivity contribution in [1.29, 1.82) is 0 Å². The Kier molecular flexibility index (Phi) is 2.68. The summed E-state index contributed by atoms with van der Waals surface area (Å²) in [6.45, 7) is 8.08. The predicted octanol–water partition coefficient (Wildman–Crippen LogP) is 2.56. The van der Waals surface area contributed by atoms with Gasteiger partial charge in [-0.15, -0.1) is 0 Å². The van der Waals surface area contributed by atoms with Crippen LogP contribution < -0.4 is 0 Å². The lowest BCUT2D eigenvalue weighted by Crippen LogP contribution is -2.23. The molecule has 1 saturated carbocycles. The highest BCUT2D eigenvalue weighted by Crippen LogP contribution is 2.47. The van der Waals surface area contributed by atoms with E-state index in [-0.39, 0.29) is 5.97 Å². The second-order valence-electron chi connectivity index (χ2n) is 4.85. The zero-order valence-electron chi connectivity index (χ0n) is 9.40. The molecule has 0 N–H and O–H groups in total. The summed E-state index contributed by atoms with van der Waals surface area (Å²) in [6.07, 6.45) is 5.84. The first kappa shape index (κ1) is 10.5. The van der Waals surface area contributed by atoms with E-state index in [9.17, 15) is 4.79 Å². The molecule has 2 nitrogen and oxygen atoms in total. The monoisotopic (exact) mass is 206 g/mol. The number of fused-ring (bicyclic) bond motifs is 2. The number of carbonyl (C=O) groups excluding carboxylic acids is 1. The molecule has 0 aromatic rings. The van der Waals surface area contributed by atoms with Crippen molar-refractivity contribution in [3.05, 3.63) is 24.3 Å². The van der Waals surface area contributed by atoms with E-state index in [4.69, 9.17) is 4.74 Å². The van der Waals surface area contributed by atoms with Gasteiger partial charge in [0.15, 0.2) is 0 Å². The molecule has 4 atom stereocenters. The van der Waals surface area contributed by atoms with E-state index in [1.54, 1.807) is 6.92 Å². The highest BCUT2D eigenvalue weighted by atomic mass is 16.5. The molecule has 2 aliphatic carbocycles. The van der Waals surface area contributed by atoms with Crippen LogP contribution in [0.5, 0.6) is 0 Å². The molecule has 0 spiro atoms. The number of ether oxygens (including phenoxy) is 1. The van der Waals surface area contributed by atoms with Gasteiger partial charge >= 0.3 is 5.97 Å². The van der Waals surface area contributed by atoms with Gasteiger partial charge in [-0.2, -0.15) is 0 Å². The average Bonchev–Trinajstić information content (AvgIpc) is 2.75. The van der Waals surface area contributed by atoms with Crippen LogP contribution >= 0.6 is 0 Å². The van der Waals surface area contributed by atoms with Crippen LogP contribution in [0.2, 0.25) is 0 Å². The van der Waals surface area contributed by atoms with Gasteiger partial charge in [-0.3, -0.25) is 0 Å². The molecule has 0 radical (unpaired) electrons. The summed E-state index contributed by atoms with van der Waals surface area (Å²) in [4.78, 5) is 11.3. The summed E-state index contributed by atoms with van der Waals surface area (Å²) in [5.74, 6) is 2.25. The van der Waals surface area contributed by atoms with Gasteiger partial charge in [0.05, 0.1) is 6.61 Å². The van der Waals surface area contributed by atoms with Gasteiger partial charge in [-0.25, -0.2) is 4.79 Å². The van der Waals surface area contributed by atoms with Crippen LogP contribution in [-0.4, -0.2) is 12.6 Å². The fraction of sp³-hybridized carbons (Fsp3) is 0.615. The summed E-state index contributed by atoms with van der Waals surface area (Å²) < 4.78 is 5.24. The lowest BCUT2D eigenvalue weighted by Gasteiger charge is -2.24. The van der Waals surface area contributed by atoms with Crippen LogP contribution in [0.1, 0.15) is 20.3 Å². The molecule has 15 heavy (non-hydrogen) atoms. The number of hydrogen-bond donors (Lipinski definition) is 0. The zero-order valence-corrected chi connectivity index (χ0v) is 9.40. The average molecular weight is 206 g/mol. The van der Waals surface area contributed by atoms with E-state index < -0.39 is 0 Å². The number of carbonyl (C=O) groups is 1. The molecular weight excluding hydrogens is 188 g/mol. The Morgan fingerprint density at radius 3 is 2.67 bits per heavy atom. The van der Waals surface area contributed by atoms with Crippen molar-refractivity contribution in [2.75, 3.05) is 6.61 Å². The SMILES string of the molecule is C=C(C)C(=O)OCC1C2C=CC(C2)C1C. The maximum absolute atomic E-state index is 11.3. The van der Waals surface area contributed by atoms with E-state index >= 15 is 0 Å². The number of esters is 1. The molecule has 1 fully saturated rings. The van der Waals surface area contributed by atoms with Crippen molar-refractivity contribution < 1.29 is 9.53 Å². The Morgan fingerprint density at radius 2 is 2.13 bits per heavy atom. The molecule has 0 aromatic carbocycles. The van der Waals surface area contributed by atoms with Gasteiger partial charge in [-0.1, -0.05) is 25.7 Å². The molecule has 0 saturated heterocycles. The second-order valence-corrected chi connectivity index (χ2v) is 4.85. The minimum absolute atomic E-state index is 0.256. The Balaban J connectivity index is 1.88. The van der Waals surface area contributed by atoms with Crippen LogP contribution in [0.3, 0.4) is 0 Å². The van der Waals surface area contributed by atoms with Gasteiger partial charge in [-0.05, 0) is 31.1 Å². The molecule has 4 unspecified atom stereocenters. The van der Waals surface area contributed by atoms with Crippen molar-refractivity contribution in [3.8, 4) is 0 Å². The van der Waals surface area contributed by atoms with Crippen LogP contribution in [-0.2, 0) is 9.53 Å². The molecule has 0 aliphatic heterocycles. The fourth-order valence-electron chi connectivity index (χ4n) is 2.74. The maximum atomic E-state index is 11.3. The molecule has 2 aliphatic rings. The minimum atomic E-state index is -0.256. The van der Waals surface area contributed by atoms with Crippen molar-refractivity contribution in [2.45, 2.75) is 20.3 Å². The number of allylic oxidation sites excluding steroid dienone is 2. The van der Waals surface area contributed by atoms with Crippen molar-refractivity contribution >= 4 is 5.97 Å². The Bertz CT molecular complexity index is 316. The van der Waals surface area contributed by atoms with Crippen LogP contribution in [0.25, 0.3) is 0 Å². The highest BCUT2D eigenvalue weighted by molar-refractivity contribution is 5.86. The van der Waals surface area contributed by atoms with Crippen molar-refractivity contribution in [1.82, 2.24) is 0 Å². The molecule has 0 heterocycles. The van der Waals surface area contributed by atoms with E-state index in [2.05, 4.69) is 25.7 Å². The summed E-state index contributed by atoms with van der Waals surface area (Å²) in [7, 11) is 0. The molecule has 82 valence electrons. The first-order valence-corrected chi connectivity index (χ1v) is 5.60. The fourth-order valence-corrected chi connectivity index (χ4v) is 2.74. The molecule has 0 aromatic heterocycles. The van der Waals surface area contributed by atoms with Crippen LogP contribution in [0.15, 0.2) is 24.3 Å². The van der Waals surface area contributed by atoms with Crippen molar-refractivity contribution in [2.24, 2.45) is 23.7 Å². The van der Waals surface area contributed by atoms with Crippen molar-refractivity contribution in [3.63, 3.8) is 0 Å². The Morgan fingerprint density at radius 1 is 1.47 bits per heavy atom. The van der Waals surface area contributed by atoms with Gasteiger partial charge in [0.25, 0.3) is 0 Å². The van der Waals surface area contributed by atoms with E-state index in [1.165, 1.54) is 6.42 Å². The summed E-state index contributed by atoms with van der Waals surface area (Å²) in [5, 5.41) is 0. The second kappa shape index (κ2) is 3.84. The molecule has 2 heteroatoms. The van der Waals surface area contributed by atoms with Gasteiger partial charge in [0, 0.05) is 11.5 Å². The number of rotatable bonds is 3. The lowest BCUT2D eigenvalue weighted by molar-refractivity contribution is -0.140. The first-order valence-electron chi connectivity index (χ1n) is 5.60.